The zero-order chi connectivity index (χ0) is 9.42. The third-order valence-corrected chi connectivity index (χ3v) is 2.08. The average Bonchev–Trinajstić information content (AvgIpc) is 2.07. The van der Waals surface area contributed by atoms with Gasteiger partial charge in [0, 0.05) is 27.8 Å². The molecule has 2 rings (SSSR count). The highest BCUT2D eigenvalue weighted by Gasteiger charge is 2.01. The van der Waals surface area contributed by atoms with Gasteiger partial charge in [-0.05, 0) is 18.2 Å². The van der Waals surface area contributed by atoms with E-state index in [9.17, 15) is 0 Å². The fourth-order valence-electron chi connectivity index (χ4n) is 1.46. The lowest BCUT2D eigenvalue weighted by atomic mass is 10.1. The molecule has 0 saturated heterocycles. The van der Waals surface area contributed by atoms with E-state index in [2.05, 4.69) is 0 Å². The minimum atomic E-state index is 0.642. The van der Waals surface area contributed by atoms with Gasteiger partial charge in [-0.1, -0.05) is 12.1 Å². The lowest BCUT2D eigenvalue weighted by Gasteiger charge is -2.05. The largest absolute Gasteiger partial charge is 0.399 e. The fourth-order valence-corrected chi connectivity index (χ4v) is 1.46. The Labute approximate surface area is 76.1 Å². The van der Waals surface area contributed by atoms with Gasteiger partial charge in [-0.2, -0.15) is 0 Å². The summed E-state index contributed by atoms with van der Waals surface area (Å²) in [4.78, 5) is 0. The Kier molecular flexibility index (Phi) is 1.52. The van der Waals surface area contributed by atoms with Gasteiger partial charge in [0.25, 0.3) is 0 Å². The molecule has 0 amide bonds. The maximum absolute atomic E-state index is 5.79. The Morgan fingerprint density at radius 2 is 1.54 bits per heavy atom. The molecule has 2 aromatic carbocycles. The highest BCUT2D eigenvalue weighted by atomic mass is 14.6. The molecule has 0 aromatic heterocycles. The van der Waals surface area contributed by atoms with Crippen molar-refractivity contribution in [2.24, 2.45) is 0 Å². The van der Waals surface area contributed by atoms with Crippen LogP contribution in [0.15, 0.2) is 30.3 Å². The predicted octanol–water partition coefficient (Wildman–Crippen LogP) is 1.59. The summed E-state index contributed by atoms with van der Waals surface area (Å²) in [6.07, 6.45) is 0. The SMILES string of the molecule is Nc1cc(N)c2cccc(N)c2c1. The summed E-state index contributed by atoms with van der Waals surface area (Å²) in [5, 5.41) is 1.87. The summed E-state index contributed by atoms with van der Waals surface area (Å²) in [7, 11) is 0. The van der Waals surface area contributed by atoms with Crippen molar-refractivity contribution in [3.63, 3.8) is 0 Å². The van der Waals surface area contributed by atoms with E-state index in [-0.39, 0.29) is 0 Å². The Morgan fingerprint density at radius 1 is 0.769 bits per heavy atom. The van der Waals surface area contributed by atoms with Gasteiger partial charge in [0.2, 0.25) is 0 Å². The van der Waals surface area contributed by atoms with E-state index in [4.69, 9.17) is 17.2 Å². The molecule has 0 radical (unpaired) electrons. The van der Waals surface area contributed by atoms with Crippen LogP contribution in [0.5, 0.6) is 0 Å². The highest BCUT2D eigenvalue weighted by molar-refractivity contribution is 6.01. The number of benzene rings is 2. The molecule has 2 aromatic rings. The minimum absolute atomic E-state index is 0.642. The molecule has 6 N–H and O–H groups in total. The molecule has 0 saturated carbocycles. The van der Waals surface area contributed by atoms with Gasteiger partial charge >= 0.3 is 0 Å². The molecule has 0 aliphatic rings. The lowest BCUT2D eigenvalue weighted by Crippen LogP contribution is -1.94. The van der Waals surface area contributed by atoms with Crippen molar-refractivity contribution in [2.75, 3.05) is 17.2 Å². The van der Waals surface area contributed by atoms with Crippen molar-refractivity contribution >= 4 is 27.8 Å². The number of anilines is 3. The second kappa shape index (κ2) is 2.55. The van der Waals surface area contributed by atoms with Crippen LogP contribution in [0.1, 0.15) is 0 Å². The van der Waals surface area contributed by atoms with E-state index in [1.54, 1.807) is 6.07 Å². The molecule has 0 bridgehead atoms. The van der Waals surface area contributed by atoms with Gasteiger partial charge < -0.3 is 17.2 Å². The van der Waals surface area contributed by atoms with Crippen molar-refractivity contribution in [1.82, 2.24) is 0 Å². The van der Waals surface area contributed by atoms with Crippen molar-refractivity contribution in [1.29, 1.82) is 0 Å². The highest BCUT2D eigenvalue weighted by Crippen LogP contribution is 2.28. The molecule has 0 fully saturated rings. The molecular formula is C10H11N3. The van der Waals surface area contributed by atoms with E-state index in [0.717, 1.165) is 10.8 Å². The van der Waals surface area contributed by atoms with E-state index in [0.29, 0.717) is 17.1 Å². The molecule has 0 atom stereocenters. The quantitative estimate of drug-likeness (QED) is 0.529. The van der Waals surface area contributed by atoms with E-state index >= 15 is 0 Å². The molecule has 0 spiro atoms. The molecule has 0 unspecified atom stereocenters. The smallest absolute Gasteiger partial charge is 0.0415 e. The zero-order valence-electron chi connectivity index (χ0n) is 7.12. The fraction of sp³-hybridized carbons (Fsp3) is 0. The number of hydrogen-bond donors (Lipinski definition) is 3. The van der Waals surface area contributed by atoms with Crippen molar-refractivity contribution < 1.29 is 0 Å². The summed E-state index contributed by atoms with van der Waals surface area (Å²) >= 11 is 0. The topological polar surface area (TPSA) is 78.1 Å². The number of rotatable bonds is 0. The number of hydrogen-bond acceptors (Lipinski definition) is 3. The van der Waals surface area contributed by atoms with Crippen LogP contribution in [-0.2, 0) is 0 Å². The number of nitrogens with two attached hydrogens (primary N) is 3. The van der Waals surface area contributed by atoms with Crippen molar-refractivity contribution in [3.05, 3.63) is 30.3 Å². The lowest BCUT2D eigenvalue weighted by molar-refractivity contribution is 1.70. The predicted molar refractivity (Wildman–Crippen MR) is 57.2 cm³/mol. The Hall–Kier alpha value is -1.90. The first-order valence-electron chi connectivity index (χ1n) is 4.01. The Morgan fingerprint density at radius 3 is 2.31 bits per heavy atom. The van der Waals surface area contributed by atoms with E-state index < -0.39 is 0 Å². The second-order valence-electron chi connectivity index (χ2n) is 3.05. The number of nitrogen functional groups attached to an aromatic ring is 3. The first kappa shape index (κ1) is 7.73. The third-order valence-electron chi connectivity index (χ3n) is 2.08. The van der Waals surface area contributed by atoms with Gasteiger partial charge in [0.05, 0.1) is 0 Å². The third kappa shape index (κ3) is 1.14. The molecular weight excluding hydrogens is 162 g/mol. The van der Waals surface area contributed by atoms with Crippen LogP contribution in [0.2, 0.25) is 0 Å². The normalized spacial score (nSPS) is 10.5. The molecule has 0 aliphatic heterocycles. The van der Waals surface area contributed by atoms with Crippen LogP contribution in [0, 0.1) is 0 Å². The average molecular weight is 173 g/mol. The van der Waals surface area contributed by atoms with Gasteiger partial charge in [-0.15, -0.1) is 0 Å². The van der Waals surface area contributed by atoms with Crippen LogP contribution in [0.25, 0.3) is 10.8 Å². The summed E-state index contributed by atoms with van der Waals surface area (Å²) in [6.45, 7) is 0. The maximum Gasteiger partial charge on any atom is 0.0415 e. The summed E-state index contributed by atoms with van der Waals surface area (Å²) in [5.74, 6) is 0. The summed E-state index contributed by atoms with van der Waals surface area (Å²) < 4.78 is 0. The van der Waals surface area contributed by atoms with Gasteiger partial charge in [0.15, 0.2) is 0 Å². The van der Waals surface area contributed by atoms with Crippen LogP contribution in [0.3, 0.4) is 0 Å². The van der Waals surface area contributed by atoms with Crippen LogP contribution in [0.4, 0.5) is 17.1 Å². The standard InChI is InChI=1S/C10H11N3/c11-6-4-8-7(10(13)5-6)2-1-3-9(8)12/h1-5H,11-13H2. The molecule has 13 heavy (non-hydrogen) atoms. The minimum Gasteiger partial charge on any atom is -0.399 e. The van der Waals surface area contributed by atoms with Crippen LogP contribution in [-0.4, -0.2) is 0 Å². The molecule has 3 heteroatoms. The second-order valence-corrected chi connectivity index (χ2v) is 3.05. The molecule has 66 valence electrons. The Balaban J connectivity index is 2.94. The van der Waals surface area contributed by atoms with Crippen molar-refractivity contribution in [3.8, 4) is 0 Å². The molecule has 0 aliphatic carbocycles. The van der Waals surface area contributed by atoms with Gasteiger partial charge in [-0.3, -0.25) is 0 Å². The first-order chi connectivity index (χ1) is 6.18. The van der Waals surface area contributed by atoms with Gasteiger partial charge in [-0.25, -0.2) is 0 Å². The van der Waals surface area contributed by atoms with E-state index in [1.807, 2.05) is 24.3 Å². The number of fused-ring (bicyclic) bond motifs is 1. The van der Waals surface area contributed by atoms with Gasteiger partial charge in [0.1, 0.15) is 0 Å². The van der Waals surface area contributed by atoms with E-state index in [1.165, 1.54) is 0 Å². The monoisotopic (exact) mass is 173 g/mol. The van der Waals surface area contributed by atoms with Crippen molar-refractivity contribution in [2.45, 2.75) is 0 Å². The first-order valence-corrected chi connectivity index (χ1v) is 4.01. The molecule has 0 heterocycles. The Bertz CT molecular complexity index is 463. The zero-order valence-corrected chi connectivity index (χ0v) is 7.12. The summed E-state index contributed by atoms with van der Waals surface area (Å²) in [5.41, 5.74) is 19.2. The molecule has 3 nitrogen and oxygen atoms in total. The summed E-state index contributed by atoms with van der Waals surface area (Å²) in [6, 6.07) is 9.22. The van der Waals surface area contributed by atoms with Crippen LogP contribution < -0.4 is 17.2 Å². The van der Waals surface area contributed by atoms with Crippen LogP contribution >= 0.6 is 0 Å². The maximum atomic E-state index is 5.79.